The van der Waals surface area contributed by atoms with Gasteiger partial charge in [0.05, 0.1) is 24.8 Å². The van der Waals surface area contributed by atoms with Gasteiger partial charge in [-0.05, 0) is 37.5 Å². The summed E-state index contributed by atoms with van der Waals surface area (Å²) in [5.41, 5.74) is 1.53. The van der Waals surface area contributed by atoms with E-state index in [1.807, 2.05) is 25.1 Å². The molecule has 7 nitrogen and oxygen atoms in total. The number of aromatic nitrogens is 1. The molecule has 1 aromatic carbocycles. The Morgan fingerprint density at radius 1 is 1.32 bits per heavy atom. The van der Waals surface area contributed by atoms with Crippen molar-refractivity contribution < 1.29 is 18.3 Å². The molecule has 0 saturated heterocycles. The van der Waals surface area contributed by atoms with Crippen LogP contribution in [0, 0.1) is 6.92 Å². The van der Waals surface area contributed by atoms with Gasteiger partial charge in [0.1, 0.15) is 16.5 Å². The van der Waals surface area contributed by atoms with E-state index in [2.05, 4.69) is 10.3 Å². The van der Waals surface area contributed by atoms with E-state index < -0.39 is 15.6 Å². The van der Waals surface area contributed by atoms with Gasteiger partial charge in [-0.2, -0.15) is 4.31 Å². The third-order valence-electron chi connectivity index (χ3n) is 5.78. The van der Waals surface area contributed by atoms with Crippen molar-refractivity contribution in [3.63, 3.8) is 0 Å². The van der Waals surface area contributed by atoms with Crippen LogP contribution in [-0.4, -0.2) is 48.6 Å². The number of benzene rings is 1. The predicted octanol–water partition coefficient (Wildman–Crippen LogP) is 2.47. The molecule has 1 aromatic heterocycles. The zero-order chi connectivity index (χ0) is 19.9. The van der Waals surface area contributed by atoms with E-state index in [1.54, 1.807) is 12.1 Å². The lowest BCUT2D eigenvalue weighted by molar-refractivity contribution is 0.187. The van der Waals surface area contributed by atoms with Crippen molar-refractivity contribution in [2.45, 2.75) is 42.7 Å². The maximum atomic E-state index is 12.8. The van der Waals surface area contributed by atoms with Gasteiger partial charge in [-0.1, -0.05) is 18.2 Å². The monoisotopic (exact) mass is 403 g/mol. The minimum atomic E-state index is -3.69. The topological polar surface area (TPSA) is 91.8 Å². The molecular formula is C20H25N3O4S. The summed E-state index contributed by atoms with van der Waals surface area (Å²) in [6.07, 6.45) is 3.53. The summed E-state index contributed by atoms with van der Waals surface area (Å²) in [6.45, 7) is 2.48. The summed E-state index contributed by atoms with van der Waals surface area (Å²) >= 11 is 0. The largest absolute Gasteiger partial charge is 0.493 e. The number of ether oxygens (including phenoxy) is 1. The zero-order valence-corrected chi connectivity index (χ0v) is 16.9. The third-order valence-corrected chi connectivity index (χ3v) is 7.72. The van der Waals surface area contributed by atoms with Crippen LogP contribution in [0.2, 0.25) is 0 Å². The van der Waals surface area contributed by atoms with Gasteiger partial charge >= 0.3 is 0 Å². The van der Waals surface area contributed by atoms with Gasteiger partial charge in [0.15, 0.2) is 0 Å². The second-order valence-electron chi connectivity index (χ2n) is 7.56. The first-order chi connectivity index (χ1) is 13.4. The van der Waals surface area contributed by atoms with Crippen LogP contribution in [0.1, 0.15) is 36.4 Å². The number of sulfonamides is 1. The lowest BCUT2D eigenvalue weighted by atomic mass is 9.98. The fraction of sp³-hybridized carbons (Fsp3) is 0.450. The number of nitrogens with one attached hydrogen (secondary N) is 1. The average Bonchev–Trinajstić information content (AvgIpc) is 3.50. The van der Waals surface area contributed by atoms with Crippen molar-refractivity contribution in [3.05, 3.63) is 47.7 Å². The highest BCUT2D eigenvalue weighted by Gasteiger charge is 2.50. The number of nitrogens with zero attached hydrogens (tertiary/aromatic N) is 2. The van der Waals surface area contributed by atoms with Gasteiger partial charge in [0, 0.05) is 25.2 Å². The summed E-state index contributed by atoms with van der Waals surface area (Å²) in [5, 5.41) is 12.9. The first-order valence-electron chi connectivity index (χ1n) is 9.42. The quantitative estimate of drug-likeness (QED) is 0.770. The van der Waals surface area contributed by atoms with E-state index in [4.69, 9.17) is 4.74 Å². The lowest BCUT2D eigenvalue weighted by Crippen LogP contribution is -2.41. The molecule has 0 bridgehead atoms. The van der Waals surface area contributed by atoms with E-state index in [-0.39, 0.29) is 17.5 Å². The van der Waals surface area contributed by atoms with Crippen molar-refractivity contribution in [1.29, 1.82) is 0 Å². The zero-order valence-electron chi connectivity index (χ0n) is 16.1. The molecule has 0 amide bonds. The Morgan fingerprint density at radius 2 is 2.11 bits per heavy atom. The molecule has 0 spiro atoms. The number of para-hydroxylation sites is 1. The molecular weight excluding hydrogens is 378 g/mol. The van der Waals surface area contributed by atoms with Gasteiger partial charge in [0.2, 0.25) is 10.0 Å². The molecule has 0 unspecified atom stereocenters. The third kappa shape index (κ3) is 3.25. The van der Waals surface area contributed by atoms with Crippen LogP contribution >= 0.6 is 0 Å². The molecule has 2 aliphatic rings. The molecule has 0 radical (unpaired) electrons. The Labute approximate surface area is 165 Å². The van der Waals surface area contributed by atoms with E-state index >= 15 is 0 Å². The van der Waals surface area contributed by atoms with Gasteiger partial charge in [-0.15, -0.1) is 0 Å². The Bertz CT molecular complexity index is 971. The summed E-state index contributed by atoms with van der Waals surface area (Å²) < 4.78 is 32.7. The van der Waals surface area contributed by atoms with Gasteiger partial charge in [-0.25, -0.2) is 13.4 Å². The minimum absolute atomic E-state index is 0.0606. The minimum Gasteiger partial charge on any atom is -0.493 e. The average molecular weight is 404 g/mol. The van der Waals surface area contributed by atoms with Gasteiger partial charge in [0.25, 0.3) is 0 Å². The van der Waals surface area contributed by atoms with Crippen LogP contribution in [0.4, 0.5) is 5.82 Å². The standard InChI is InChI=1S/C20H25N3O4S/c1-14-4-3-5-16-17(8-11-27-19(14)16)22-18-7-6-15(12-21-18)28(25,26)23(2)20(13-24)9-10-20/h3-7,12,17,24H,8-11,13H2,1-2H3,(H,21,22)/t17-/m0/s1. The Balaban J connectivity index is 1.53. The maximum Gasteiger partial charge on any atom is 0.244 e. The fourth-order valence-electron chi connectivity index (χ4n) is 3.66. The number of hydrogen-bond acceptors (Lipinski definition) is 6. The van der Waals surface area contributed by atoms with Crippen molar-refractivity contribution >= 4 is 15.8 Å². The highest BCUT2D eigenvalue weighted by molar-refractivity contribution is 7.89. The van der Waals surface area contributed by atoms with Crippen LogP contribution in [0.15, 0.2) is 41.4 Å². The van der Waals surface area contributed by atoms with E-state index in [1.165, 1.54) is 17.5 Å². The normalized spacial score (nSPS) is 20.4. The van der Waals surface area contributed by atoms with E-state index in [0.29, 0.717) is 25.3 Å². The molecule has 1 saturated carbocycles. The van der Waals surface area contributed by atoms with Crippen LogP contribution in [0.3, 0.4) is 0 Å². The lowest BCUT2D eigenvalue weighted by Gasteiger charge is -2.28. The number of likely N-dealkylation sites (N-methyl/N-ethyl adjacent to an activating group) is 1. The van der Waals surface area contributed by atoms with Crippen LogP contribution in [0.25, 0.3) is 0 Å². The summed E-state index contributed by atoms with van der Waals surface area (Å²) in [4.78, 5) is 4.45. The second kappa shape index (κ2) is 7.02. The molecule has 2 aromatic rings. The molecule has 2 N–H and O–H groups in total. The molecule has 1 fully saturated rings. The molecule has 1 aliphatic carbocycles. The van der Waals surface area contributed by atoms with Gasteiger partial charge < -0.3 is 15.2 Å². The van der Waals surface area contributed by atoms with E-state index in [0.717, 1.165) is 23.3 Å². The maximum absolute atomic E-state index is 12.8. The number of pyridine rings is 1. The van der Waals surface area contributed by atoms with Crippen molar-refractivity contribution in [2.75, 3.05) is 25.6 Å². The Morgan fingerprint density at radius 3 is 2.75 bits per heavy atom. The molecule has 28 heavy (non-hydrogen) atoms. The van der Waals surface area contributed by atoms with Crippen LogP contribution in [0.5, 0.6) is 5.75 Å². The summed E-state index contributed by atoms with van der Waals surface area (Å²) in [7, 11) is -2.17. The van der Waals surface area contributed by atoms with E-state index in [9.17, 15) is 13.5 Å². The number of aliphatic hydroxyl groups is 1. The molecule has 4 rings (SSSR count). The number of aliphatic hydroxyl groups excluding tert-OH is 1. The highest BCUT2D eigenvalue weighted by Crippen LogP contribution is 2.43. The molecule has 150 valence electrons. The van der Waals surface area contributed by atoms with Crippen molar-refractivity contribution in [3.8, 4) is 5.75 Å². The van der Waals surface area contributed by atoms with Gasteiger partial charge in [-0.3, -0.25) is 0 Å². The van der Waals surface area contributed by atoms with Crippen LogP contribution < -0.4 is 10.1 Å². The SMILES string of the molecule is Cc1cccc2c1OCC[C@@H]2Nc1ccc(S(=O)(=O)N(C)C2(CO)CC2)cn1. The summed E-state index contributed by atoms with van der Waals surface area (Å²) in [5.74, 6) is 1.52. The van der Waals surface area contributed by atoms with Crippen LogP contribution in [-0.2, 0) is 10.0 Å². The second-order valence-corrected chi connectivity index (χ2v) is 9.53. The Hall–Kier alpha value is -2.16. The Kier molecular flexibility index (Phi) is 4.81. The highest BCUT2D eigenvalue weighted by atomic mass is 32.2. The first-order valence-corrected chi connectivity index (χ1v) is 10.9. The van der Waals surface area contributed by atoms with Crippen molar-refractivity contribution in [1.82, 2.24) is 9.29 Å². The first kappa shape index (κ1) is 19.2. The molecule has 1 atom stereocenters. The number of hydrogen-bond donors (Lipinski definition) is 2. The number of rotatable bonds is 6. The number of anilines is 1. The molecule has 2 heterocycles. The fourth-order valence-corrected chi connectivity index (χ4v) is 5.15. The number of aryl methyl sites for hydroxylation is 1. The summed E-state index contributed by atoms with van der Waals surface area (Å²) in [6, 6.07) is 9.37. The van der Waals surface area contributed by atoms with Crippen molar-refractivity contribution in [2.24, 2.45) is 0 Å². The smallest absolute Gasteiger partial charge is 0.244 e. The number of fused-ring (bicyclic) bond motifs is 1. The predicted molar refractivity (Wildman–Crippen MR) is 106 cm³/mol. The molecule has 8 heteroatoms. The molecule has 1 aliphatic heterocycles.